The number of pyridine rings is 1. The minimum absolute atomic E-state index is 0.0532. The first-order chi connectivity index (χ1) is 11.2. The first-order valence-electron chi connectivity index (χ1n) is 8.33. The molecule has 1 amide bonds. The van der Waals surface area contributed by atoms with Gasteiger partial charge in [-0.2, -0.15) is 0 Å². The second-order valence-corrected chi connectivity index (χ2v) is 7.37. The van der Waals surface area contributed by atoms with Crippen molar-refractivity contribution in [2.45, 2.75) is 46.5 Å². The molecule has 0 spiro atoms. The van der Waals surface area contributed by atoms with E-state index in [9.17, 15) is 14.0 Å². The number of carbonyl (C=O) groups is 1. The number of hydrogen-bond acceptors (Lipinski definition) is 2. The monoisotopic (exact) mass is 332 g/mol. The maximum atomic E-state index is 13.2. The predicted octanol–water partition coefficient (Wildman–Crippen LogP) is 3.54. The lowest BCUT2D eigenvalue weighted by atomic mass is 9.91. The van der Waals surface area contributed by atoms with Gasteiger partial charge >= 0.3 is 0 Å². The Morgan fingerprint density at radius 3 is 2.71 bits per heavy atom. The summed E-state index contributed by atoms with van der Waals surface area (Å²) < 4.78 is 13.2. The van der Waals surface area contributed by atoms with E-state index in [0.29, 0.717) is 24.0 Å². The molecule has 0 aliphatic heterocycles. The molecule has 0 radical (unpaired) electrons. The molecule has 1 aromatic carbocycles. The molecule has 5 heteroatoms. The van der Waals surface area contributed by atoms with Gasteiger partial charge in [-0.25, -0.2) is 4.39 Å². The van der Waals surface area contributed by atoms with Crippen LogP contribution in [0.1, 0.15) is 45.6 Å². The van der Waals surface area contributed by atoms with Gasteiger partial charge in [0.25, 0.3) is 5.56 Å². The third kappa shape index (κ3) is 5.48. The number of fused-ring (bicyclic) bond motifs is 1. The fourth-order valence-corrected chi connectivity index (χ4v) is 2.59. The van der Waals surface area contributed by atoms with Crippen LogP contribution >= 0.6 is 0 Å². The average molecular weight is 332 g/mol. The number of hydrogen-bond donors (Lipinski definition) is 2. The first kappa shape index (κ1) is 18.2. The molecule has 2 rings (SSSR count). The molecule has 4 nitrogen and oxygen atoms in total. The Morgan fingerprint density at radius 1 is 1.25 bits per heavy atom. The normalized spacial score (nSPS) is 11.7. The van der Waals surface area contributed by atoms with E-state index in [1.54, 1.807) is 12.1 Å². The molecule has 1 aromatic heterocycles. The standard InChI is InChI=1S/C19H25FN2O2/c1-19(2,3)9-4-10-21-17(23)8-6-14-11-13-5-7-15(20)12-16(13)22-18(14)24/h5,7,11-12H,4,6,8-10H2,1-3H3,(H,21,23)(H,22,24). The van der Waals surface area contributed by atoms with Crippen molar-refractivity contribution in [2.24, 2.45) is 5.41 Å². The Bertz CT molecular complexity index is 775. The molecular formula is C19H25FN2O2. The van der Waals surface area contributed by atoms with Crippen LogP contribution in [0.5, 0.6) is 0 Å². The van der Waals surface area contributed by atoms with E-state index in [0.717, 1.165) is 18.2 Å². The summed E-state index contributed by atoms with van der Waals surface area (Å²) in [6.07, 6.45) is 2.63. The van der Waals surface area contributed by atoms with Crippen molar-refractivity contribution in [2.75, 3.05) is 6.54 Å². The first-order valence-corrected chi connectivity index (χ1v) is 8.33. The molecule has 130 valence electrons. The van der Waals surface area contributed by atoms with Crippen LogP contribution in [-0.2, 0) is 11.2 Å². The highest BCUT2D eigenvalue weighted by atomic mass is 19.1. The van der Waals surface area contributed by atoms with Crippen molar-refractivity contribution in [3.8, 4) is 0 Å². The van der Waals surface area contributed by atoms with E-state index in [1.807, 2.05) is 0 Å². The fraction of sp³-hybridized carbons (Fsp3) is 0.474. The van der Waals surface area contributed by atoms with E-state index in [-0.39, 0.29) is 29.1 Å². The summed E-state index contributed by atoms with van der Waals surface area (Å²) >= 11 is 0. The number of aromatic amines is 1. The van der Waals surface area contributed by atoms with Crippen LogP contribution in [0, 0.1) is 11.2 Å². The van der Waals surface area contributed by atoms with Crippen molar-refractivity contribution < 1.29 is 9.18 Å². The summed E-state index contributed by atoms with van der Waals surface area (Å²) in [5.41, 5.74) is 1.01. The van der Waals surface area contributed by atoms with Crippen LogP contribution in [0.2, 0.25) is 0 Å². The number of rotatable bonds is 6. The second kappa shape index (κ2) is 7.60. The van der Waals surface area contributed by atoms with E-state index in [4.69, 9.17) is 0 Å². The minimum Gasteiger partial charge on any atom is -0.356 e. The number of benzene rings is 1. The Hall–Kier alpha value is -2.17. The molecular weight excluding hydrogens is 307 g/mol. The molecule has 0 bridgehead atoms. The van der Waals surface area contributed by atoms with Crippen LogP contribution in [0.4, 0.5) is 4.39 Å². The van der Waals surface area contributed by atoms with Gasteiger partial charge < -0.3 is 10.3 Å². The highest BCUT2D eigenvalue weighted by Crippen LogP contribution is 2.19. The summed E-state index contributed by atoms with van der Waals surface area (Å²) in [5, 5.41) is 3.65. The zero-order chi connectivity index (χ0) is 17.7. The lowest BCUT2D eigenvalue weighted by Crippen LogP contribution is -2.26. The Kier molecular flexibility index (Phi) is 5.75. The van der Waals surface area contributed by atoms with Gasteiger partial charge in [0.15, 0.2) is 0 Å². The summed E-state index contributed by atoms with van der Waals surface area (Å²) in [4.78, 5) is 26.6. The van der Waals surface area contributed by atoms with Crippen LogP contribution in [-0.4, -0.2) is 17.4 Å². The molecule has 0 aliphatic rings. The maximum Gasteiger partial charge on any atom is 0.251 e. The number of aryl methyl sites for hydroxylation is 1. The summed E-state index contributed by atoms with van der Waals surface area (Å²) in [5.74, 6) is -0.442. The SMILES string of the molecule is CC(C)(C)CCCNC(=O)CCc1cc2ccc(F)cc2[nH]c1=O. The zero-order valence-corrected chi connectivity index (χ0v) is 14.5. The fourth-order valence-electron chi connectivity index (χ4n) is 2.59. The molecule has 0 saturated carbocycles. The average Bonchev–Trinajstić information content (AvgIpc) is 2.48. The van der Waals surface area contributed by atoms with Gasteiger partial charge in [-0.05, 0) is 54.3 Å². The largest absolute Gasteiger partial charge is 0.356 e. The molecule has 0 aliphatic carbocycles. The molecule has 0 unspecified atom stereocenters. The predicted molar refractivity (Wildman–Crippen MR) is 94.5 cm³/mol. The number of H-pyrrole nitrogens is 1. The molecule has 2 N–H and O–H groups in total. The maximum absolute atomic E-state index is 13.2. The number of aromatic nitrogens is 1. The Labute approximate surface area is 141 Å². The highest BCUT2D eigenvalue weighted by molar-refractivity contribution is 5.79. The van der Waals surface area contributed by atoms with Crippen LogP contribution in [0.15, 0.2) is 29.1 Å². The van der Waals surface area contributed by atoms with Gasteiger partial charge in [0.05, 0.1) is 5.52 Å². The molecule has 24 heavy (non-hydrogen) atoms. The van der Waals surface area contributed by atoms with Gasteiger partial charge in [0.1, 0.15) is 5.82 Å². The van der Waals surface area contributed by atoms with E-state index < -0.39 is 0 Å². The number of carbonyl (C=O) groups excluding carboxylic acids is 1. The van der Waals surface area contributed by atoms with E-state index in [1.165, 1.54) is 12.1 Å². The highest BCUT2D eigenvalue weighted by Gasteiger charge is 2.10. The van der Waals surface area contributed by atoms with Crippen molar-refractivity contribution in [1.29, 1.82) is 0 Å². The summed E-state index contributed by atoms with van der Waals surface area (Å²) in [7, 11) is 0. The number of halogens is 1. The van der Waals surface area contributed by atoms with Crippen molar-refractivity contribution in [3.63, 3.8) is 0 Å². The quantitative estimate of drug-likeness (QED) is 0.795. The van der Waals surface area contributed by atoms with Crippen molar-refractivity contribution >= 4 is 16.8 Å². The smallest absolute Gasteiger partial charge is 0.251 e. The lowest BCUT2D eigenvalue weighted by molar-refractivity contribution is -0.121. The summed E-state index contributed by atoms with van der Waals surface area (Å²) in [6, 6.07) is 5.99. The van der Waals surface area contributed by atoms with E-state index in [2.05, 4.69) is 31.1 Å². The number of nitrogens with one attached hydrogen (secondary N) is 2. The lowest BCUT2D eigenvalue weighted by Gasteiger charge is -2.17. The Balaban J connectivity index is 1.88. The van der Waals surface area contributed by atoms with Gasteiger partial charge in [-0.3, -0.25) is 9.59 Å². The minimum atomic E-state index is -0.388. The van der Waals surface area contributed by atoms with Gasteiger partial charge in [0, 0.05) is 18.5 Å². The molecule has 0 saturated heterocycles. The number of amides is 1. The summed E-state index contributed by atoms with van der Waals surface area (Å²) in [6.45, 7) is 7.18. The zero-order valence-electron chi connectivity index (χ0n) is 14.5. The Morgan fingerprint density at radius 2 is 2.00 bits per heavy atom. The van der Waals surface area contributed by atoms with Gasteiger partial charge in [-0.1, -0.05) is 20.8 Å². The van der Waals surface area contributed by atoms with Crippen LogP contribution in [0.3, 0.4) is 0 Å². The van der Waals surface area contributed by atoms with Gasteiger partial charge in [0.2, 0.25) is 5.91 Å². The molecule has 2 aromatic rings. The molecule has 1 heterocycles. The van der Waals surface area contributed by atoms with Crippen molar-refractivity contribution in [3.05, 3.63) is 46.0 Å². The third-order valence-electron chi connectivity index (χ3n) is 3.93. The van der Waals surface area contributed by atoms with Crippen LogP contribution in [0.25, 0.3) is 10.9 Å². The second-order valence-electron chi connectivity index (χ2n) is 7.37. The topological polar surface area (TPSA) is 62.0 Å². The third-order valence-corrected chi connectivity index (χ3v) is 3.93. The van der Waals surface area contributed by atoms with E-state index >= 15 is 0 Å². The van der Waals surface area contributed by atoms with Crippen LogP contribution < -0.4 is 10.9 Å². The van der Waals surface area contributed by atoms with Gasteiger partial charge in [-0.15, -0.1) is 0 Å². The van der Waals surface area contributed by atoms with Crippen molar-refractivity contribution in [1.82, 2.24) is 10.3 Å². The molecule has 0 atom stereocenters. The molecule has 0 fully saturated rings.